The number of thioether (sulfide) groups is 1. The summed E-state index contributed by atoms with van der Waals surface area (Å²) in [6, 6.07) is 7.58. The van der Waals surface area contributed by atoms with Gasteiger partial charge in [-0.2, -0.15) is 5.26 Å². The SMILES string of the molecule is CC(C)CCSc1cc(Cl)ccc1C#N. The lowest BCUT2D eigenvalue weighted by Gasteiger charge is -2.06. The summed E-state index contributed by atoms with van der Waals surface area (Å²) in [4.78, 5) is 0.991. The lowest BCUT2D eigenvalue weighted by Crippen LogP contribution is -1.90. The Morgan fingerprint density at radius 3 is 2.80 bits per heavy atom. The Balaban J connectivity index is 2.67. The fourth-order valence-corrected chi connectivity index (χ4v) is 2.64. The first-order valence-electron chi connectivity index (χ1n) is 4.96. The zero-order chi connectivity index (χ0) is 11.3. The normalized spacial score (nSPS) is 10.3. The van der Waals surface area contributed by atoms with E-state index in [0.717, 1.165) is 17.1 Å². The molecule has 80 valence electrons. The average Bonchev–Trinajstić information content (AvgIpc) is 2.17. The molecule has 0 spiro atoms. The highest BCUT2D eigenvalue weighted by Gasteiger charge is 2.04. The number of halogens is 1. The molecule has 0 aromatic heterocycles. The predicted molar refractivity (Wildman–Crippen MR) is 66.3 cm³/mol. The third-order valence-corrected chi connectivity index (χ3v) is 3.34. The largest absolute Gasteiger partial charge is 0.192 e. The molecule has 0 fully saturated rings. The third kappa shape index (κ3) is 4.15. The Labute approximate surface area is 100 Å². The van der Waals surface area contributed by atoms with Crippen LogP contribution in [-0.4, -0.2) is 5.75 Å². The minimum absolute atomic E-state index is 0.695. The molecule has 3 heteroatoms. The second-order valence-electron chi connectivity index (χ2n) is 3.78. The first-order chi connectivity index (χ1) is 7.13. The highest BCUT2D eigenvalue weighted by Crippen LogP contribution is 2.27. The molecule has 0 heterocycles. The van der Waals surface area contributed by atoms with Gasteiger partial charge in [0.25, 0.3) is 0 Å². The number of benzene rings is 1. The highest BCUT2D eigenvalue weighted by molar-refractivity contribution is 7.99. The van der Waals surface area contributed by atoms with E-state index in [1.54, 1.807) is 23.9 Å². The van der Waals surface area contributed by atoms with Gasteiger partial charge in [0.1, 0.15) is 6.07 Å². The number of hydrogen-bond acceptors (Lipinski definition) is 2. The van der Waals surface area contributed by atoms with Crippen molar-refractivity contribution in [2.45, 2.75) is 25.2 Å². The van der Waals surface area contributed by atoms with Crippen LogP contribution in [0.1, 0.15) is 25.8 Å². The van der Waals surface area contributed by atoms with E-state index in [1.807, 2.05) is 6.07 Å². The van der Waals surface area contributed by atoms with Gasteiger partial charge < -0.3 is 0 Å². The molecular weight excluding hydrogens is 226 g/mol. The summed E-state index contributed by atoms with van der Waals surface area (Å²) in [6.45, 7) is 4.40. The highest BCUT2D eigenvalue weighted by atomic mass is 35.5. The maximum atomic E-state index is 8.91. The van der Waals surface area contributed by atoms with Crippen molar-refractivity contribution >= 4 is 23.4 Å². The van der Waals surface area contributed by atoms with Crippen LogP contribution < -0.4 is 0 Å². The molecule has 0 aliphatic heterocycles. The maximum absolute atomic E-state index is 8.91. The first-order valence-corrected chi connectivity index (χ1v) is 6.32. The van der Waals surface area contributed by atoms with Crippen LogP contribution in [-0.2, 0) is 0 Å². The Kier molecular flexibility index (Phi) is 5.01. The molecule has 1 nitrogen and oxygen atoms in total. The van der Waals surface area contributed by atoms with Gasteiger partial charge in [-0.3, -0.25) is 0 Å². The van der Waals surface area contributed by atoms with Gasteiger partial charge in [-0.1, -0.05) is 25.4 Å². The van der Waals surface area contributed by atoms with E-state index >= 15 is 0 Å². The van der Waals surface area contributed by atoms with Crippen molar-refractivity contribution in [2.24, 2.45) is 5.92 Å². The summed E-state index contributed by atoms with van der Waals surface area (Å²) in [5, 5.41) is 9.61. The quantitative estimate of drug-likeness (QED) is 0.730. The second kappa shape index (κ2) is 6.05. The standard InChI is InChI=1S/C12H14ClNS/c1-9(2)5-6-15-12-7-11(13)4-3-10(12)8-14/h3-4,7,9H,5-6H2,1-2H3. The van der Waals surface area contributed by atoms with Gasteiger partial charge in [0.15, 0.2) is 0 Å². The van der Waals surface area contributed by atoms with Crippen LogP contribution in [0.3, 0.4) is 0 Å². The topological polar surface area (TPSA) is 23.8 Å². The zero-order valence-electron chi connectivity index (χ0n) is 8.96. The van der Waals surface area contributed by atoms with Gasteiger partial charge in [0, 0.05) is 9.92 Å². The molecule has 0 N–H and O–H groups in total. The van der Waals surface area contributed by atoms with E-state index in [0.29, 0.717) is 16.5 Å². The summed E-state index contributed by atoms with van der Waals surface area (Å²) >= 11 is 7.60. The summed E-state index contributed by atoms with van der Waals surface area (Å²) in [6.07, 6.45) is 1.15. The fourth-order valence-electron chi connectivity index (χ4n) is 1.11. The predicted octanol–water partition coefficient (Wildman–Crippen LogP) is 4.35. The summed E-state index contributed by atoms with van der Waals surface area (Å²) < 4.78 is 0. The Morgan fingerprint density at radius 2 is 2.20 bits per heavy atom. The molecule has 0 aliphatic rings. The van der Waals surface area contributed by atoms with E-state index in [4.69, 9.17) is 16.9 Å². The van der Waals surface area contributed by atoms with Crippen molar-refractivity contribution in [1.82, 2.24) is 0 Å². The smallest absolute Gasteiger partial charge is 0.100 e. The van der Waals surface area contributed by atoms with E-state index in [1.165, 1.54) is 0 Å². The summed E-state index contributed by atoms with van der Waals surface area (Å²) in [5.74, 6) is 1.73. The van der Waals surface area contributed by atoms with Gasteiger partial charge in [-0.15, -0.1) is 11.8 Å². The summed E-state index contributed by atoms with van der Waals surface area (Å²) in [5.41, 5.74) is 0.716. The van der Waals surface area contributed by atoms with Crippen LogP contribution in [0.5, 0.6) is 0 Å². The molecule has 0 radical (unpaired) electrons. The molecule has 0 atom stereocenters. The van der Waals surface area contributed by atoms with Gasteiger partial charge in [0.05, 0.1) is 5.56 Å². The number of rotatable bonds is 4. The molecular formula is C12H14ClNS. The van der Waals surface area contributed by atoms with Crippen molar-refractivity contribution in [3.05, 3.63) is 28.8 Å². The van der Waals surface area contributed by atoms with E-state index in [9.17, 15) is 0 Å². The zero-order valence-corrected chi connectivity index (χ0v) is 10.5. The Morgan fingerprint density at radius 1 is 1.47 bits per heavy atom. The minimum Gasteiger partial charge on any atom is -0.192 e. The molecule has 15 heavy (non-hydrogen) atoms. The van der Waals surface area contributed by atoms with Gasteiger partial charge in [0.2, 0.25) is 0 Å². The number of nitriles is 1. The van der Waals surface area contributed by atoms with Crippen LogP contribution in [0.2, 0.25) is 5.02 Å². The van der Waals surface area contributed by atoms with Crippen LogP contribution >= 0.6 is 23.4 Å². The second-order valence-corrected chi connectivity index (χ2v) is 5.36. The Bertz CT molecular complexity index is 368. The molecule has 0 saturated heterocycles. The Hall–Kier alpha value is -0.650. The van der Waals surface area contributed by atoms with Crippen LogP contribution in [0.15, 0.2) is 23.1 Å². The van der Waals surface area contributed by atoms with Gasteiger partial charge in [-0.05, 0) is 36.3 Å². The molecule has 1 aromatic carbocycles. The van der Waals surface area contributed by atoms with Crippen LogP contribution in [0, 0.1) is 17.2 Å². The van der Waals surface area contributed by atoms with Crippen molar-refractivity contribution < 1.29 is 0 Å². The van der Waals surface area contributed by atoms with E-state index in [2.05, 4.69) is 19.9 Å². The van der Waals surface area contributed by atoms with E-state index in [-0.39, 0.29) is 0 Å². The molecule has 0 bridgehead atoms. The average molecular weight is 240 g/mol. The van der Waals surface area contributed by atoms with Crippen molar-refractivity contribution in [3.8, 4) is 6.07 Å². The molecule has 0 amide bonds. The third-order valence-electron chi connectivity index (χ3n) is 2.02. The van der Waals surface area contributed by atoms with E-state index < -0.39 is 0 Å². The molecule has 1 rings (SSSR count). The number of hydrogen-bond donors (Lipinski definition) is 0. The van der Waals surface area contributed by atoms with Gasteiger partial charge in [-0.25, -0.2) is 0 Å². The van der Waals surface area contributed by atoms with Crippen LogP contribution in [0.25, 0.3) is 0 Å². The summed E-state index contributed by atoms with van der Waals surface area (Å²) in [7, 11) is 0. The first kappa shape index (κ1) is 12.4. The van der Waals surface area contributed by atoms with Crippen molar-refractivity contribution in [2.75, 3.05) is 5.75 Å². The minimum atomic E-state index is 0.695. The van der Waals surface area contributed by atoms with Gasteiger partial charge >= 0.3 is 0 Å². The molecule has 0 saturated carbocycles. The fraction of sp³-hybridized carbons (Fsp3) is 0.417. The van der Waals surface area contributed by atoms with Crippen LogP contribution in [0.4, 0.5) is 0 Å². The van der Waals surface area contributed by atoms with Crippen molar-refractivity contribution in [3.63, 3.8) is 0 Å². The lowest BCUT2D eigenvalue weighted by atomic mass is 10.2. The molecule has 0 unspecified atom stereocenters. The number of nitrogens with zero attached hydrogens (tertiary/aromatic N) is 1. The monoisotopic (exact) mass is 239 g/mol. The molecule has 0 aliphatic carbocycles. The maximum Gasteiger partial charge on any atom is 0.100 e. The van der Waals surface area contributed by atoms with Crippen molar-refractivity contribution in [1.29, 1.82) is 5.26 Å². The lowest BCUT2D eigenvalue weighted by molar-refractivity contribution is 0.632. The molecule has 1 aromatic rings.